The van der Waals surface area contributed by atoms with Crippen LogP contribution in [-0.2, 0) is 14.4 Å². The number of Topliss-reactive ketones (excluding diaryl/α,β-unsaturated/α-hetero) is 2. The first-order chi connectivity index (χ1) is 12.2. The molecule has 4 aliphatic rings. The molecule has 0 aromatic rings. The van der Waals surface area contributed by atoms with Crippen molar-refractivity contribution in [1.82, 2.24) is 0 Å². The van der Waals surface area contributed by atoms with Crippen LogP contribution in [-0.4, -0.2) is 39.8 Å². The maximum absolute atomic E-state index is 13.3. The number of fused-ring (bicyclic) bond motifs is 5. The van der Waals surface area contributed by atoms with Gasteiger partial charge >= 0.3 is 0 Å². The van der Waals surface area contributed by atoms with E-state index in [9.17, 15) is 24.6 Å². The minimum absolute atomic E-state index is 0.0988. The molecule has 0 aromatic carbocycles. The number of ketones is 3. The number of aliphatic hydroxyl groups is 2. The van der Waals surface area contributed by atoms with Crippen molar-refractivity contribution < 1.29 is 24.6 Å². The van der Waals surface area contributed by atoms with Crippen LogP contribution in [0, 0.1) is 28.6 Å². The quantitative estimate of drug-likeness (QED) is 0.731. The summed E-state index contributed by atoms with van der Waals surface area (Å²) in [5, 5.41) is 20.5. The zero-order chi connectivity index (χ0) is 18.9. The van der Waals surface area contributed by atoms with Gasteiger partial charge in [-0.25, -0.2) is 0 Å². The molecule has 0 radical (unpaired) electrons. The fourth-order valence-corrected chi connectivity index (χ4v) is 6.98. The Bertz CT molecular complexity index is 724. The summed E-state index contributed by atoms with van der Waals surface area (Å²) in [4.78, 5) is 37.5. The Morgan fingerprint density at radius 3 is 2.62 bits per heavy atom. The second-order valence-corrected chi connectivity index (χ2v) is 9.38. The molecule has 0 bridgehead atoms. The maximum atomic E-state index is 13.3. The van der Waals surface area contributed by atoms with Crippen molar-refractivity contribution >= 4 is 17.3 Å². The molecular formula is C21H28O5. The SMILES string of the molecule is C[C@]12[13CH2][13CH2][13C](=O)[13CH]=C1CC[C@@H]1[C@@H]2C(=O)C[C@@]2(C)[C@H]1CC[C@]2(O)C(=O)CO. The lowest BCUT2D eigenvalue weighted by Crippen LogP contribution is -2.60. The van der Waals surface area contributed by atoms with E-state index in [1.807, 2.05) is 6.92 Å². The average molecular weight is 364 g/mol. The van der Waals surface area contributed by atoms with Crippen LogP contribution < -0.4 is 0 Å². The van der Waals surface area contributed by atoms with Crippen molar-refractivity contribution in [3.05, 3.63) is 11.6 Å². The van der Waals surface area contributed by atoms with Crippen LogP contribution in [0.5, 0.6) is 0 Å². The summed E-state index contributed by atoms with van der Waals surface area (Å²) in [6.45, 7) is 3.31. The summed E-state index contributed by atoms with van der Waals surface area (Å²) in [6.07, 6.45) is 5.83. The molecule has 0 amide bonds. The van der Waals surface area contributed by atoms with Gasteiger partial charge < -0.3 is 10.2 Å². The van der Waals surface area contributed by atoms with E-state index in [0.717, 1.165) is 18.4 Å². The minimum Gasteiger partial charge on any atom is -0.388 e. The first-order valence-corrected chi connectivity index (χ1v) is 9.80. The zero-order valence-electron chi connectivity index (χ0n) is 15.6. The summed E-state index contributed by atoms with van der Waals surface area (Å²) in [5.74, 6) is -0.172. The standard InChI is InChI=1S/C21H28O5/c1-19-7-5-13(23)9-12(19)3-4-14-15-6-8-21(26,17(25)11-22)20(15,2)10-16(24)18(14)19/h9,14-15,18,22,26H,3-8,10-11H2,1-2H3/t14-,15-,18+,19-,20-,21-/m0/s1/i5+1,7+1,9+1,13+1. The summed E-state index contributed by atoms with van der Waals surface area (Å²) < 4.78 is 0. The van der Waals surface area contributed by atoms with Gasteiger partial charge in [0.2, 0.25) is 0 Å². The zero-order valence-corrected chi connectivity index (χ0v) is 15.6. The molecule has 4 rings (SSSR count). The summed E-state index contributed by atoms with van der Waals surface area (Å²) in [7, 11) is 0. The predicted octanol–water partition coefficient (Wildman–Crippen LogP) is 1.99. The number of allylic oxidation sites excluding steroid dienone is 1. The van der Waals surface area contributed by atoms with Gasteiger partial charge in [-0.05, 0) is 55.4 Å². The predicted molar refractivity (Wildman–Crippen MR) is 94.1 cm³/mol. The number of aliphatic hydroxyl groups excluding tert-OH is 1. The number of rotatable bonds is 2. The van der Waals surface area contributed by atoms with E-state index in [1.54, 1.807) is 6.08 Å². The van der Waals surface area contributed by atoms with Crippen LogP contribution in [0.25, 0.3) is 0 Å². The molecule has 3 saturated carbocycles. The molecule has 0 aliphatic heterocycles. The van der Waals surface area contributed by atoms with Crippen LogP contribution in [0.2, 0.25) is 0 Å². The maximum Gasteiger partial charge on any atom is 0.190 e. The normalized spacial score (nSPS) is 47.7. The highest BCUT2D eigenvalue weighted by atomic mass is 16.3. The summed E-state index contributed by atoms with van der Waals surface area (Å²) in [5.41, 5.74) is -1.55. The largest absolute Gasteiger partial charge is 0.388 e. The lowest BCUT2D eigenvalue weighted by molar-refractivity contribution is -0.170. The van der Waals surface area contributed by atoms with E-state index in [1.165, 1.54) is 0 Å². The van der Waals surface area contributed by atoms with Gasteiger partial charge in [0.25, 0.3) is 0 Å². The Kier molecular flexibility index (Phi) is 3.88. The van der Waals surface area contributed by atoms with Gasteiger partial charge in [-0.2, -0.15) is 0 Å². The van der Waals surface area contributed by atoms with Gasteiger partial charge in [-0.3, -0.25) is 14.4 Å². The highest BCUT2D eigenvalue weighted by Crippen LogP contribution is 2.66. The van der Waals surface area contributed by atoms with Crippen molar-refractivity contribution in [2.24, 2.45) is 28.6 Å². The lowest BCUT2D eigenvalue weighted by Gasteiger charge is -2.57. The molecule has 5 heteroatoms. The molecule has 4 aliphatic carbocycles. The first kappa shape index (κ1) is 18.1. The van der Waals surface area contributed by atoms with E-state index in [2.05, 4.69) is 6.92 Å². The minimum atomic E-state index is -1.60. The van der Waals surface area contributed by atoms with Gasteiger partial charge in [0, 0.05) is 24.2 Å². The molecule has 0 saturated heterocycles. The van der Waals surface area contributed by atoms with E-state index in [-0.39, 0.29) is 41.2 Å². The first-order valence-electron chi connectivity index (χ1n) is 9.80. The Morgan fingerprint density at radius 1 is 1.19 bits per heavy atom. The number of carbonyl (C=O) groups excluding carboxylic acids is 3. The second-order valence-electron chi connectivity index (χ2n) is 9.38. The van der Waals surface area contributed by atoms with Crippen molar-refractivity contribution in [3.8, 4) is 0 Å². The Morgan fingerprint density at radius 2 is 1.92 bits per heavy atom. The molecule has 0 aromatic heterocycles. The number of carbonyl (C=O) groups is 3. The third-order valence-corrected chi connectivity index (χ3v) is 8.41. The monoisotopic (exact) mass is 364 g/mol. The van der Waals surface area contributed by atoms with Crippen LogP contribution in [0.3, 0.4) is 0 Å². The molecule has 2 N–H and O–H groups in total. The summed E-state index contributed by atoms with van der Waals surface area (Å²) >= 11 is 0. The average Bonchev–Trinajstić information content (AvgIpc) is 2.86. The van der Waals surface area contributed by atoms with E-state index in [0.29, 0.717) is 25.7 Å². The van der Waals surface area contributed by atoms with Gasteiger partial charge in [-0.1, -0.05) is 19.4 Å². The molecule has 0 heterocycles. The van der Waals surface area contributed by atoms with Crippen LogP contribution in [0.15, 0.2) is 11.6 Å². The van der Waals surface area contributed by atoms with E-state index in [4.69, 9.17) is 0 Å². The fraction of sp³-hybridized carbons (Fsp3) is 0.762. The Hall–Kier alpha value is -1.33. The number of hydrogen-bond acceptors (Lipinski definition) is 5. The van der Waals surface area contributed by atoms with Gasteiger partial charge in [0.15, 0.2) is 11.6 Å². The third-order valence-electron chi connectivity index (χ3n) is 8.41. The van der Waals surface area contributed by atoms with Crippen LogP contribution >= 0.6 is 0 Å². The number of hydrogen-bond donors (Lipinski definition) is 2. The van der Waals surface area contributed by atoms with Gasteiger partial charge in [-0.15, -0.1) is 0 Å². The van der Waals surface area contributed by atoms with E-state index >= 15 is 0 Å². The molecular weight excluding hydrogens is 336 g/mol. The molecule has 5 nitrogen and oxygen atoms in total. The second kappa shape index (κ2) is 5.59. The topological polar surface area (TPSA) is 91.7 Å². The van der Waals surface area contributed by atoms with Crippen molar-refractivity contribution in [2.75, 3.05) is 6.61 Å². The van der Waals surface area contributed by atoms with E-state index < -0.39 is 23.4 Å². The lowest BCUT2D eigenvalue weighted by atomic mass is 9.48. The highest BCUT2D eigenvalue weighted by Gasteiger charge is 2.68. The van der Waals surface area contributed by atoms with Gasteiger partial charge in [0.05, 0.1) is 0 Å². The summed E-state index contributed by atoms with van der Waals surface area (Å²) in [6, 6.07) is 0. The molecule has 0 unspecified atom stereocenters. The molecule has 6 atom stereocenters. The van der Waals surface area contributed by atoms with Crippen LogP contribution in [0.4, 0.5) is 0 Å². The van der Waals surface area contributed by atoms with Crippen molar-refractivity contribution in [3.63, 3.8) is 0 Å². The third kappa shape index (κ3) is 2.07. The molecule has 0 spiro atoms. The molecule has 26 heavy (non-hydrogen) atoms. The van der Waals surface area contributed by atoms with Crippen molar-refractivity contribution in [1.29, 1.82) is 0 Å². The molecule has 3 fully saturated rings. The van der Waals surface area contributed by atoms with Crippen LogP contribution in [0.1, 0.15) is 58.8 Å². The highest BCUT2D eigenvalue weighted by molar-refractivity contribution is 5.94. The molecule has 142 valence electrons. The smallest absolute Gasteiger partial charge is 0.190 e. The Balaban J connectivity index is 1.75. The van der Waals surface area contributed by atoms with Crippen molar-refractivity contribution in [2.45, 2.75) is 64.4 Å². The Labute approximate surface area is 153 Å². The van der Waals surface area contributed by atoms with Gasteiger partial charge in [0.1, 0.15) is 18.0 Å². The fourth-order valence-electron chi connectivity index (χ4n) is 6.98.